The molecule has 1 amide bonds. The van der Waals surface area contributed by atoms with Crippen LogP contribution in [0.15, 0.2) is 12.4 Å². The van der Waals surface area contributed by atoms with E-state index in [0.29, 0.717) is 11.5 Å². The maximum Gasteiger partial charge on any atom is 0.254 e. The summed E-state index contributed by atoms with van der Waals surface area (Å²) in [6.07, 6.45) is 4.56. The minimum atomic E-state index is -0.0990. The molecule has 2 N–H and O–H groups in total. The van der Waals surface area contributed by atoms with Crippen LogP contribution in [0, 0.1) is 5.92 Å². The van der Waals surface area contributed by atoms with Crippen molar-refractivity contribution in [1.29, 1.82) is 0 Å². The van der Waals surface area contributed by atoms with Gasteiger partial charge in [0.05, 0.1) is 17.3 Å². The summed E-state index contributed by atoms with van der Waals surface area (Å²) in [7, 11) is 0. The first kappa shape index (κ1) is 17.0. The van der Waals surface area contributed by atoms with Gasteiger partial charge < -0.3 is 10.6 Å². The van der Waals surface area contributed by atoms with Crippen molar-refractivity contribution in [2.75, 3.05) is 13.1 Å². The van der Waals surface area contributed by atoms with Crippen LogP contribution < -0.4 is 10.6 Å². The number of carbonyl (C=O) groups excluding carboxylic acids is 1. The first-order chi connectivity index (χ1) is 8.88. The molecule has 6 heteroatoms. The van der Waals surface area contributed by atoms with E-state index in [1.165, 1.54) is 0 Å². The molecule has 1 aromatic rings. The average molecular weight is 301 g/mol. The molecule has 5 nitrogen and oxygen atoms in total. The standard InChI is InChI=1S/C14H24N4O.ClH/c1-10-5-6-15-8-12(10)17-13(19)11-7-16-18(9-11)14(2,3)4;/h7,9-10,12,15H,5-6,8H2,1-4H3,(H,17,19);1H. The Labute approximate surface area is 126 Å². The van der Waals surface area contributed by atoms with Crippen LogP contribution in [-0.2, 0) is 5.54 Å². The fourth-order valence-electron chi connectivity index (χ4n) is 2.24. The van der Waals surface area contributed by atoms with Crippen LogP contribution in [0.4, 0.5) is 0 Å². The Bertz CT molecular complexity index is 452. The summed E-state index contributed by atoms with van der Waals surface area (Å²) >= 11 is 0. The third kappa shape index (κ3) is 3.96. The van der Waals surface area contributed by atoms with Crippen molar-refractivity contribution in [1.82, 2.24) is 20.4 Å². The Kier molecular flexibility index (Phi) is 5.59. The SMILES string of the molecule is CC1CCNCC1NC(=O)c1cnn(C(C)(C)C)c1.Cl. The van der Waals surface area contributed by atoms with E-state index >= 15 is 0 Å². The summed E-state index contributed by atoms with van der Waals surface area (Å²) in [6.45, 7) is 10.3. The molecular formula is C14H25ClN4O. The Balaban J connectivity index is 0.00000200. The summed E-state index contributed by atoms with van der Waals surface area (Å²) in [6, 6.07) is 0.208. The second kappa shape index (κ2) is 6.59. The highest BCUT2D eigenvalue weighted by atomic mass is 35.5. The van der Waals surface area contributed by atoms with Gasteiger partial charge in [-0.1, -0.05) is 6.92 Å². The lowest BCUT2D eigenvalue weighted by Crippen LogP contribution is -2.50. The number of carbonyl (C=O) groups is 1. The summed E-state index contributed by atoms with van der Waals surface area (Å²) < 4.78 is 1.82. The number of aromatic nitrogens is 2. The molecule has 0 spiro atoms. The topological polar surface area (TPSA) is 58.9 Å². The van der Waals surface area contributed by atoms with Gasteiger partial charge in [-0.2, -0.15) is 5.10 Å². The van der Waals surface area contributed by atoms with Crippen molar-refractivity contribution in [2.24, 2.45) is 5.92 Å². The third-order valence-corrected chi connectivity index (χ3v) is 3.68. The fraction of sp³-hybridized carbons (Fsp3) is 0.714. The normalized spacial score (nSPS) is 23.0. The van der Waals surface area contributed by atoms with Crippen molar-refractivity contribution >= 4 is 18.3 Å². The highest BCUT2D eigenvalue weighted by Gasteiger charge is 2.24. The van der Waals surface area contributed by atoms with Crippen molar-refractivity contribution in [3.05, 3.63) is 18.0 Å². The van der Waals surface area contributed by atoms with Crippen LogP contribution >= 0.6 is 12.4 Å². The molecule has 2 atom stereocenters. The Hall–Kier alpha value is -1.07. The van der Waals surface area contributed by atoms with Crippen molar-refractivity contribution in [2.45, 2.75) is 45.7 Å². The number of rotatable bonds is 2. The van der Waals surface area contributed by atoms with E-state index in [0.717, 1.165) is 19.5 Å². The molecule has 0 bridgehead atoms. The quantitative estimate of drug-likeness (QED) is 0.875. The molecule has 114 valence electrons. The average Bonchev–Trinajstić information content (AvgIpc) is 2.81. The Morgan fingerprint density at radius 3 is 2.75 bits per heavy atom. The number of nitrogens with one attached hydrogen (secondary N) is 2. The molecule has 1 aromatic heterocycles. The lowest BCUT2D eigenvalue weighted by Gasteiger charge is -2.30. The van der Waals surface area contributed by atoms with Gasteiger partial charge in [-0.05, 0) is 39.7 Å². The number of piperidine rings is 1. The first-order valence-electron chi connectivity index (χ1n) is 6.94. The van der Waals surface area contributed by atoms with Gasteiger partial charge in [0, 0.05) is 18.8 Å². The summed E-state index contributed by atoms with van der Waals surface area (Å²) in [5.74, 6) is 0.485. The van der Waals surface area contributed by atoms with E-state index < -0.39 is 0 Å². The van der Waals surface area contributed by atoms with E-state index in [9.17, 15) is 4.79 Å². The molecule has 1 saturated heterocycles. The van der Waals surface area contributed by atoms with E-state index in [4.69, 9.17) is 0 Å². The fourth-order valence-corrected chi connectivity index (χ4v) is 2.24. The molecule has 1 aliphatic rings. The number of halogens is 1. The van der Waals surface area contributed by atoms with Crippen LogP contribution in [0.25, 0.3) is 0 Å². The number of hydrogen-bond donors (Lipinski definition) is 2. The zero-order valence-electron chi connectivity index (χ0n) is 12.6. The zero-order chi connectivity index (χ0) is 14.0. The van der Waals surface area contributed by atoms with E-state index in [-0.39, 0.29) is 29.9 Å². The third-order valence-electron chi connectivity index (χ3n) is 3.68. The van der Waals surface area contributed by atoms with Crippen LogP contribution in [0.2, 0.25) is 0 Å². The molecule has 1 aliphatic heterocycles. The maximum absolute atomic E-state index is 12.2. The molecule has 0 saturated carbocycles. The lowest BCUT2D eigenvalue weighted by molar-refractivity contribution is 0.0915. The Morgan fingerprint density at radius 2 is 2.20 bits per heavy atom. The number of amides is 1. The largest absolute Gasteiger partial charge is 0.348 e. The van der Waals surface area contributed by atoms with Crippen molar-refractivity contribution < 1.29 is 4.79 Å². The van der Waals surface area contributed by atoms with E-state index in [2.05, 4.69) is 43.4 Å². The van der Waals surface area contributed by atoms with Gasteiger partial charge in [0.1, 0.15) is 0 Å². The number of hydrogen-bond acceptors (Lipinski definition) is 3. The molecule has 0 aliphatic carbocycles. The molecule has 2 heterocycles. The molecule has 2 rings (SSSR count). The van der Waals surface area contributed by atoms with E-state index in [1.54, 1.807) is 6.20 Å². The first-order valence-corrected chi connectivity index (χ1v) is 6.94. The second-order valence-electron chi connectivity index (χ2n) is 6.39. The molecular weight excluding hydrogens is 276 g/mol. The van der Waals surface area contributed by atoms with Crippen LogP contribution in [0.5, 0.6) is 0 Å². The maximum atomic E-state index is 12.2. The van der Waals surface area contributed by atoms with Crippen molar-refractivity contribution in [3.8, 4) is 0 Å². The summed E-state index contributed by atoms with van der Waals surface area (Å²) in [4.78, 5) is 12.2. The Morgan fingerprint density at radius 1 is 1.50 bits per heavy atom. The molecule has 0 aromatic carbocycles. The molecule has 1 fully saturated rings. The highest BCUT2D eigenvalue weighted by molar-refractivity contribution is 5.93. The van der Waals surface area contributed by atoms with Crippen molar-refractivity contribution in [3.63, 3.8) is 0 Å². The van der Waals surface area contributed by atoms with Crippen LogP contribution in [0.3, 0.4) is 0 Å². The van der Waals surface area contributed by atoms with Gasteiger partial charge in [0.25, 0.3) is 5.91 Å². The summed E-state index contributed by atoms with van der Waals surface area (Å²) in [5, 5.41) is 10.7. The van der Waals surface area contributed by atoms with Gasteiger partial charge in [-0.3, -0.25) is 9.48 Å². The predicted molar refractivity (Wildman–Crippen MR) is 82.4 cm³/mol. The van der Waals surface area contributed by atoms with Gasteiger partial charge in [0.15, 0.2) is 0 Å². The van der Waals surface area contributed by atoms with E-state index in [1.807, 2.05) is 10.9 Å². The summed E-state index contributed by atoms with van der Waals surface area (Å²) in [5.41, 5.74) is 0.533. The molecule has 2 unspecified atom stereocenters. The molecule has 0 radical (unpaired) electrons. The van der Waals surface area contributed by atoms with Gasteiger partial charge in [-0.25, -0.2) is 0 Å². The minimum Gasteiger partial charge on any atom is -0.348 e. The van der Waals surface area contributed by atoms with Crippen LogP contribution in [-0.4, -0.2) is 34.8 Å². The molecule has 20 heavy (non-hydrogen) atoms. The smallest absolute Gasteiger partial charge is 0.254 e. The highest BCUT2D eigenvalue weighted by Crippen LogP contribution is 2.15. The van der Waals surface area contributed by atoms with Gasteiger partial charge in [-0.15, -0.1) is 12.4 Å². The van der Waals surface area contributed by atoms with Gasteiger partial charge in [0.2, 0.25) is 0 Å². The predicted octanol–water partition coefficient (Wildman–Crippen LogP) is 1.79. The lowest BCUT2D eigenvalue weighted by atomic mass is 9.94. The minimum absolute atomic E-state index is 0. The number of nitrogens with zero attached hydrogens (tertiary/aromatic N) is 2. The monoisotopic (exact) mass is 300 g/mol. The zero-order valence-corrected chi connectivity index (χ0v) is 13.5. The second-order valence-corrected chi connectivity index (χ2v) is 6.39. The van der Waals surface area contributed by atoms with Gasteiger partial charge >= 0.3 is 0 Å². The van der Waals surface area contributed by atoms with Crippen LogP contribution in [0.1, 0.15) is 44.5 Å².